The third kappa shape index (κ3) is 4.21. The monoisotopic (exact) mass is 376 g/mol. The van der Waals surface area contributed by atoms with E-state index in [1.54, 1.807) is 24.3 Å². The molecule has 0 spiro atoms. The minimum absolute atomic E-state index is 0.0186. The van der Waals surface area contributed by atoms with Crippen LogP contribution in [0.25, 0.3) is 11.0 Å². The summed E-state index contributed by atoms with van der Waals surface area (Å²) in [6.45, 7) is 1.89. The number of carbonyl (C=O) groups excluding carboxylic acids is 1. The quantitative estimate of drug-likeness (QED) is 0.489. The molecule has 0 aliphatic carbocycles. The number of halogens is 2. The maximum absolute atomic E-state index is 12.1. The Morgan fingerprint density at radius 1 is 1.08 bits per heavy atom. The first-order valence-corrected chi connectivity index (χ1v) is 8.31. The number of fused-ring (bicyclic) bond motifs is 1. The van der Waals surface area contributed by atoms with Gasteiger partial charge in [-0.05, 0) is 36.2 Å². The molecule has 0 N–H and O–H groups in total. The number of hydrogen-bond donors (Lipinski definition) is 0. The maximum Gasteiger partial charge on any atom is 0.336 e. The van der Waals surface area contributed by atoms with Crippen molar-refractivity contribution < 1.29 is 13.9 Å². The topological polar surface area (TPSA) is 56.5 Å². The van der Waals surface area contributed by atoms with Crippen molar-refractivity contribution in [3.63, 3.8) is 0 Å². The summed E-state index contributed by atoms with van der Waals surface area (Å²) < 4.78 is 10.5. The van der Waals surface area contributed by atoms with E-state index in [2.05, 4.69) is 0 Å². The molecule has 0 radical (unpaired) electrons. The Bertz CT molecular complexity index is 1010. The molecule has 4 nitrogen and oxygen atoms in total. The molecule has 0 fully saturated rings. The van der Waals surface area contributed by atoms with Crippen LogP contribution in [0.3, 0.4) is 0 Å². The minimum atomic E-state index is -0.482. The second-order valence-electron chi connectivity index (χ2n) is 5.66. The van der Waals surface area contributed by atoms with Crippen molar-refractivity contribution in [3.8, 4) is 0 Å². The first-order valence-electron chi connectivity index (χ1n) is 7.55. The lowest BCUT2D eigenvalue weighted by molar-refractivity contribution is -0.144. The summed E-state index contributed by atoms with van der Waals surface area (Å²) >= 11 is 11.9. The summed E-state index contributed by atoms with van der Waals surface area (Å²) in [5.74, 6) is -0.447. The Balaban J connectivity index is 1.76. The van der Waals surface area contributed by atoms with Crippen LogP contribution in [0.2, 0.25) is 10.0 Å². The van der Waals surface area contributed by atoms with E-state index in [0.717, 1.165) is 10.9 Å². The molecule has 1 aromatic heterocycles. The molecule has 0 aliphatic rings. The Hall–Kier alpha value is -2.30. The second-order valence-corrected chi connectivity index (χ2v) is 6.51. The maximum atomic E-state index is 12.1. The summed E-state index contributed by atoms with van der Waals surface area (Å²) in [5, 5.41) is 1.65. The number of benzene rings is 2. The van der Waals surface area contributed by atoms with Crippen LogP contribution in [-0.4, -0.2) is 5.97 Å². The first-order chi connectivity index (χ1) is 11.9. The number of carbonyl (C=O) groups is 1. The highest BCUT2D eigenvalue weighted by Crippen LogP contribution is 2.22. The molecule has 25 heavy (non-hydrogen) atoms. The Kier molecular flexibility index (Phi) is 5.11. The summed E-state index contributed by atoms with van der Waals surface area (Å²) in [5.41, 5.74) is 2.19. The van der Waals surface area contributed by atoms with Crippen molar-refractivity contribution in [2.45, 2.75) is 20.0 Å². The van der Waals surface area contributed by atoms with Gasteiger partial charge in [0.15, 0.2) is 0 Å². The van der Waals surface area contributed by atoms with Gasteiger partial charge in [0, 0.05) is 27.1 Å². The van der Waals surface area contributed by atoms with Crippen LogP contribution in [0.1, 0.15) is 16.7 Å². The Labute approximate surface area is 153 Å². The van der Waals surface area contributed by atoms with E-state index in [1.165, 1.54) is 6.07 Å². The fraction of sp³-hybridized carbons (Fsp3) is 0.158. The molecule has 0 amide bonds. The van der Waals surface area contributed by atoms with E-state index in [4.69, 9.17) is 32.4 Å². The van der Waals surface area contributed by atoms with E-state index in [-0.39, 0.29) is 13.0 Å². The predicted molar refractivity (Wildman–Crippen MR) is 97.2 cm³/mol. The molecule has 2 aromatic carbocycles. The van der Waals surface area contributed by atoms with Crippen molar-refractivity contribution in [2.75, 3.05) is 0 Å². The molecule has 6 heteroatoms. The summed E-state index contributed by atoms with van der Waals surface area (Å²) in [6, 6.07) is 11.8. The van der Waals surface area contributed by atoms with Crippen LogP contribution in [0, 0.1) is 6.92 Å². The van der Waals surface area contributed by atoms with Crippen LogP contribution >= 0.6 is 23.2 Å². The lowest BCUT2D eigenvalue weighted by Crippen LogP contribution is -2.10. The van der Waals surface area contributed by atoms with E-state index in [0.29, 0.717) is 26.8 Å². The van der Waals surface area contributed by atoms with Gasteiger partial charge in [-0.1, -0.05) is 41.4 Å². The average Bonchev–Trinajstić information content (AvgIpc) is 2.54. The molecule has 1 heterocycles. The van der Waals surface area contributed by atoms with Gasteiger partial charge >= 0.3 is 11.6 Å². The zero-order valence-corrected chi connectivity index (χ0v) is 14.9. The molecule has 3 rings (SSSR count). The van der Waals surface area contributed by atoms with Crippen LogP contribution in [0.5, 0.6) is 0 Å². The number of ether oxygens (including phenoxy) is 1. The fourth-order valence-electron chi connectivity index (χ4n) is 2.49. The van der Waals surface area contributed by atoms with Gasteiger partial charge in [-0.25, -0.2) is 4.79 Å². The zero-order valence-electron chi connectivity index (χ0n) is 13.3. The number of esters is 1. The van der Waals surface area contributed by atoms with Crippen LogP contribution in [0.4, 0.5) is 0 Å². The highest BCUT2D eigenvalue weighted by atomic mass is 35.5. The van der Waals surface area contributed by atoms with Crippen molar-refractivity contribution in [2.24, 2.45) is 0 Å². The molecule has 128 valence electrons. The van der Waals surface area contributed by atoms with Gasteiger partial charge in [-0.3, -0.25) is 4.79 Å². The van der Waals surface area contributed by atoms with Crippen molar-refractivity contribution in [1.82, 2.24) is 0 Å². The smallest absolute Gasteiger partial charge is 0.336 e. The van der Waals surface area contributed by atoms with Crippen molar-refractivity contribution >= 4 is 40.1 Å². The molecular weight excluding hydrogens is 363 g/mol. The fourth-order valence-corrected chi connectivity index (χ4v) is 2.96. The van der Waals surface area contributed by atoms with Crippen LogP contribution in [0.15, 0.2) is 51.7 Å². The Morgan fingerprint density at radius 2 is 1.88 bits per heavy atom. The highest BCUT2D eigenvalue weighted by Gasteiger charge is 2.11. The summed E-state index contributed by atoms with van der Waals surface area (Å²) in [6.07, 6.45) is 0.0223. The molecule has 3 aromatic rings. The van der Waals surface area contributed by atoms with Crippen molar-refractivity contribution in [3.05, 3.63) is 79.6 Å². The van der Waals surface area contributed by atoms with E-state index >= 15 is 0 Å². The van der Waals surface area contributed by atoms with E-state index in [9.17, 15) is 9.59 Å². The second kappa shape index (κ2) is 7.30. The third-order valence-electron chi connectivity index (χ3n) is 3.72. The largest absolute Gasteiger partial charge is 0.461 e. The zero-order chi connectivity index (χ0) is 18.0. The standard InChI is InChI=1S/C19H14Cl2O4/c1-11-2-5-15-13(8-19(23)25-17(15)6-11)10-24-18(22)7-12-3-4-14(20)9-16(12)21/h2-6,8-9H,7,10H2,1H3. The van der Waals surface area contributed by atoms with E-state index in [1.807, 2.05) is 19.1 Å². The SMILES string of the molecule is Cc1ccc2c(COC(=O)Cc3ccc(Cl)cc3Cl)cc(=O)oc2c1. The van der Waals surface area contributed by atoms with Crippen LogP contribution < -0.4 is 5.63 Å². The minimum Gasteiger partial charge on any atom is -0.461 e. The lowest BCUT2D eigenvalue weighted by atomic mass is 10.1. The van der Waals surface area contributed by atoms with Gasteiger partial charge in [0.05, 0.1) is 6.42 Å². The number of hydrogen-bond acceptors (Lipinski definition) is 4. The third-order valence-corrected chi connectivity index (χ3v) is 4.31. The molecular formula is C19H14Cl2O4. The van der Waals surface area contributed by atoms with Gasteiger partial charge < -0.3 is 9.15 Å². The predicted octanol–water partition coefficient (Wildman–Crippen LogP) is 4.69. The molecule has 0 atom stereocenters. The molecule has 0 bridgehead atoms. The van der Waals surface area contributed by atoms with E-state index < -0.39 is 11.6 Å². The van der Waals surface area contributed by atoms with Gasteiger partial charge in [-0.15, -0.1) is 0 Å². The Morgan fingerprint density at radius 3 is 2.64 bits per heavy atom. The molecule has 0 aliphatic heterocycles. The van der Waals surface area contributed by atoms with Gasteiger partial charge in [0.2, 0.25) is 0 Å². The highest BCUT2D eigenvalue weighted by molar-refractivity contribution is 6.35. The van der Waals surface area contributed by atoms with Gasteiger partial charge in [-0.2, -0.15) is 0 Å². The lowest BCUT2D eigenvalue weighted by Gasteiger charge is -2.08. The van der Waals surface area contributed by atoms with Gasteiger partial charge in [0.25, 0.3) is 0 Å². The average molecular weight is 377 g/mol. The molecule has 0 unspecified atom stereocenters. The summed E-state index contributed by atoms with van der Waals surface area (Å²) in [7, 11) is 0. The molecule has 0 saturated carbocycles. The number of rotatable bonds is 4. The van der Waals surface area contributed by atoms with Gasteiger partial charge in [0.1, 0.15) is 12.2 Å². The first kappa shape index (κ1) is 17.5. The summed E-state index contributed by atoms with van der Waals surface area (Å²) in [4.78, 5) is 23.8. The van der Waals surface area contributed by atoms with Crippen molar-refractivity contribution in [1.29, 1.82) is 0 Å². The number of aryl methyl sites for hydroxylation is 1. The van der Waals surface area contributed by atoms with Crippen LogP contribution in [-0.2, 0) is 22.6 Å². The molecule has 0 saturated heterocycles. The normalized spacial score (nSPS) is 10.8.